The molecule has 0 amide bonds. The van der Waals surface area contributed by atoms with Crippen molar-refractivity contribution in [2.45, 2.75) is 39.0 Å². The Kier molecular flexibility index (Phi) is 7.62. The smallest absolute Gasteiger partial charge is 0.206 e. The van der Waals surface area contributed by atoms with E-state index in [1.54, 1.807) is 0 Å². The fourth-order valence-corrected chi connectivity index (χ4v) is 5.87. The topological polar surface area (TPSA) is 20.2 Å². The van der Waals surface area contributed by atoms with Gasteiger partial charge in [-0.25, -0.2) is 4.89 Å². The lowest BCUT2D eigenvalue weighted by molar-refractivity contribution is 0.614. The van der Waals surface area contributed by atoms with Gasteiger partial charge in [-0.15, -0.1) is 13.2 Å². The molecule has 0 bridgehead atoms. The van der Waals surface area contributed by atoms with Crippen molar-refractivity contribution in [3.05, 3.63) is 85.0 Å². The number of hydrogen-bond donors (Lipinski definition) is 1. The van der Waals surface area contributed by atoms with Gasteiger partial charge in [0.25, 0.3) is 0 Å². The van der Waals surface area contributed by atoms with Crippen LogP contribution in [0.1, 0.15) is 37.3 Å². The van der Waals surface area contributed by atoms with Crippen LogP contribution in [0.5, 0.6) is 0 Å². The summed E-state index contributed by atoms with van der Waals surface area (Å²) in [4.78, 5) is 11.7. The van der Waals surface area contributed by atoms with Crippen molar-refractivity contribution >= 4 is 18.1 Å². The van der Waals surface area contributed by atoms with E-state index in [-0.39, 0.29) is 0 Å². The molecule has 0 saturated heterocycles. The zero-order valence-electron chi connectivity index (χ0n) is 15.3. The molecule has 1 nitrogen and oxygen atoms in total. The van der Waals surface area contributed by atoms with E-state index >= 15 is 0 Å². The molecule has 0 radical (unpaired) electrons. The molecule has 0 aliphatic rings. The Hall–Kier alpha value is -1.69. The third-order valence-electron chi connectivity index (χ3n) is 4.57. The van der Waals surface area contributed by atoms with Gasteiger partial charge >= 0.3 is 0 Å². The molecule has 0 fully saturated rings. The van der Waals surface area contributed by atoms with Gasteiger partial charge in [-0.1, -0.05) is 49.8 Å². The Morgan fingerprint density at radius 3 is 1.60 bits per heavy atom. The molecule has 1 N–H and O–H groups in total. The Labute approximate surface area is 153 Å². The Morgan fingerprint density at radius 2 is 1.24 bits per heavy atom. The van der Waals surface area contributed by atoms with E-state index in [4.69, 9.17) is 0 Å². The standard InChI is InChI=1S/C23H30OP/c1-4-7-8-19-25(24,22-15-11-20(9-5-2)12-16-22)23-17-13-21(10-6-3)14-18-23/h5-6,11-18,24H,2-4,7-10,19H2,1H3/q+1. The van der Waals surface area contributed by atoms with Gasteiger partial charge in [-0.05, 0) is 61.1 Å². The number of unbranched alkanes of at least 4 members (excludes halogenated alkanes) is 2. The normalized spacial score (nSPS) is 11.3. The lowest BCUT2D eigenvalue weighted by Crippen LogP contribution is -2.24. The monoisotopic (exact) mass is 353 g/mol. The predicted molar refractivity (Wildman–Crippen MR) is 113 cm³/mol. The molecule has 0 aliphatic heterocycles. The van der Waals surface area contributed by atoms with Crippen molar-refractivity contribution in [2.24, 2.45) is 0 Å². The summed E-state index contributed by atoms with van der Waals surface area (Å²) in [5.41, 5.74) is 2.47. The van der Waals surface area contributed by atoms with Crippen molar-refractivity contribution < 1.29 is 4.89 Å². The molecule has 25 heavy (non-hydrogen) atoms. The first-order valence-corrected chi connectivity index (χ1v) is 11.1. The van der Waals surface area contributed by atoms with Crippen LogP contribution >= 0.6 is 7.49 Å². The van der Waals surface area contributed by atoms with Crippen LogP contribution in [0.4, 0.5) is 0 Å². The van der Waals surface area contributed by atoms with E-state index in [0.29, 0.717) is 0 Å². The fraction of sp³-hybridized carbons (Fsp3) is 0.304. The Morgan fingerprint density at radius 1 is 0.800 bits per heavy atom. The third kappa shape index (κ3) is 5.14. The molecular weight excluding hydrogens is 323 g/mol. The predicted octanol–water partition coefficient (Wildman–Crippen LogP) is 5.21. The van der Waals surface area contributed by atoms with Gasteiger partial charge in [0.05, 0.1) is 6.16 Å². The highest BCUT2D eigenvalue weighted by Crippen LogP contribution is 2.52. The highest BCUT2D eigenvalue weighted by Gasteiger charge is 2.40. The molecule has 0 spiro atoms. The summed E-state index contributed by atoms with van der Waals surface area (Å²) in [7, 11) is -2.33. The molecule has 2 aromatic rings. The number of benzene rings is 2. The average Bonchev–Trinajstić information content (AvgIpc) is 2.63. The first-order valence-electron chi connectivity index (χ1n) is 9.15. The molecule has 132 valence electrons. The van der Waals surface area contributed by atoms with Gasteiger partial charge in [0.1, 0.15) is 10.6 Å². The number of rotatable bonds is 10. The lowest BCUT2D eigenvalue weighted by Gasteiger charge is -2.20. The molecule has 2 rings (SSSR count). The van der Waals surface area contributed by atoms with Crippen LogP contribution in [0.15, 0.2) is 73.8 Å². The average molecular weight is 353 g/mol. The summed E-state index contributed by atoms with van der Waals surface area (Å²) < 4.78 is 0. The zero-order chi connectivity index (χ0) is 18.1. The second-order valence-electron chi connectivity index (χ2n) is 6.52. The minimum Gasteiger partial charge on any atom is -0.241 e. The lowest BCUT2D eigenvalue weighted by atomic mass is 10.1. The van der Waals surface area contributed by atoms with E-state index < -0.39 is 7.49 Å². The minimum absolute atomic E-state index is 0.850. The van der Waals surface area contributed by atoms with Crippen LogP contribution in [0.25, 0.3) is 0 Å². The molecule has 0 atom stereocenters. The summed E-state index contributed by atoms with van der Waals surface area (Å²) >= 11 is 0. The number of allylic oxidation sites excluding steroid dienone is 2. The summed E-state index contributed by atoms with van der Waals surface area (Å²) in [5, 5.41) is 2.15. The maximum absolute atomic E-state index is 11.7. The van der Waals surface area contributed by atoms with Crippen LogP contribution in [0.3, 0.4) is 0 Å². The van der Waals surface area contributed by atoms with Crippen LogP contribution in [0, 0.1) is 0 Å². The highest BCUT2D eigenvalue weighted by molar-refractivity contribution is 7.84. The van der Waals surface area contributed by atoms with Gasteiger partial charge < -0.3 is 0 Å². The zero-order valence-corrected chi connectivity index (χ0v) is 16.2. The highest BCUT2D eigenvalue weighted by atomic mass is 31.2. The van der Waals surface area contributed by atoms with E-state index in [1.807, 2.05) is 12.2 Å². The molecule has 0 heterocycles. The maximum Gasteiger partial charge on any atom is 0.206 e. The van der Waals surface area contributed by atoms with E-state index in [1.165, 1.54) is 11.1 Å². The fourth-order valence-electron chi connectivity index (χ4n) is 3.09. The Balaban J connectivity index is 2.34. The van der Waals surface area contributed by atoms with Crippen LogP contribution < -0.4 is 10.6 Å². The summed E-state index contributed by atoms with van der Waals surface area (Å²) in [5.74, 6) is 0. The number of hydrogen-bond acceptors (Lipinski definition) is 1. The van der Waals surface area contributed by atoms with Crippen molar-refractivity contribution in [1.29, 1.82) is 0 Å². The van der Waals surface area contributed by atoms with Gasteiger partial charge in [-0.3, -0.25) is 0 Å². The van der Waals surface area contributed by atoms with Gasteiger partial charge in [-0.2, -0.15) is 0 Å². The second kappa shape index (κ2) is 9.70. The van der Waals surface area contributed by atoms with Crippen molar-refractivity contribution in [1.82, 2.24) is 0 Å². The molecule has 0 aliphatic carbocycles. The van der Waals surface area contributed by atoms with Crippen molar-refractivity contribution in [3.63, 3.8) is 0 Å². The van der Waals surface area contributed by atoms with E-state index in [0.717, 1.165) is 48.9 Å². The Bertz CT molecular complexity index is 617. The summed E-state index contributed by atoms with van der Waals surface area (Å²) in [6.45, 7) is 9.80. The second-order valence-corrected chi connectivity index (χ2v) is 9.54. The van der Waals surface area contributed by atoms with Crippen molar-refractivity contribution in [2.75, 3.05) is 6.16 Å². The van der Waals surface area contributed by atoms with E-state index in [2.05, 4.69) is 68.6 Å². The summed E-state index contributed by atoms with van der Waals surface area (Å²) in [6.07, 6.45) is 9.78. The molecule has 0 saturated carbocycles. The molecule has 0 unspecified atom stereocenters. The molecular formula is C23H30OP+. The molecule has 0 aromatic heterocycles. The van der Waals surface area contributed by atoms with E-state index in [9.17, 15) is 4.89 Å². The van der Waals surface area contributed by atoms with Gasteiger partial charge in [0, 0.05) is 0 Å². The quantitative estimate of drug-likeness (QED) is 0.353. The minimum atomic E-state index is -2.33. The van der Waals surface area contributed by atoms with Gasteiger partial charge in [0.2, 0.25) is 7.49 Å². The third-order valence-corrected chi connectivity index (χ3v) is 7.84. The SMILES string of the molecule is C=CCc1ccc([P+](O)(CCCCC)c2ccc(CC=C)cc2)cc1. The molecule has 2 heteroatoms. The first kappa shape index (κ1) is 19.6. The van der Waals surface area contributed by atoms with Crippen LogP contribution in [-0.4, -0.2) is 11.1 Å². The van der Waals surface area contributed by atoms with Crippen LogP contribution in [0.2, 0.25) is 0 Å². The maximum atomic E-state index is 11.7. The van der Waals surface area contributed by atoms with Crippen LogP contribution in [-0.2, 0) is 12.8 Å². The van der Waals surface area contributed by atoms with Crippen molar-refractivity contribution in [3.8, 4) is 0 Å². The summed E-state index contributed by atoms with van der Waals surface area (Å²) in [6, 6.07) is 16.9. The molecule has 2 aromatic carbocycles. The largest absolute Gasteiger partial charge is 0.241 e. The first-order chi connectivity index (χ1) is 12.1. The van der Waals surface area contributed by atoms with Gasteiger partial charge in [0.15, 0.2) is 0 Å².